The van der Waals surface area contributed by atoms with Gasteiger partial charge in [-0.1, -0.05) is 229 Å². The van der Waals surface area contributed by atoms with Gasteiger partial charge < -0.3 is 28.8 Å². The van der Waals surface area contributed by atoms with E-state index >= 15 is 0 Å². The van der Waals surface area contributed by atoms with Gasteiger partial charge in [0.25, 0.3) is 7.82 Å². The Morgan fingerprint density at radius 1 is 0.562 bits per heavy atom. The minimum absolute atomic E-state index is 0.0113. The summed E-state index contributed by atoms with van der Waals surface area (Å²) in [6.07, 6.45) is 61.6. The summed E-state index contributed by atoms with van der Waals surface area (Å²) in [6, 6.07) is -0.911. The van der Waals surface area contributed by atoms with Gasteiger partial charge in [-0.3, -0.25) is 9.36 Å². The fraction of sp³-hybridized carbons (Fsp3) is 0.800. The quantitative estimate of drug-likeness (QED) is 0.0272. The number of nitrogens with one attached hydrogen (secondary N) is 1. The molecule has 0 radical (unpaired) electrons. The number of quaternary nitrogens is 1. The van der Waals surface area contributed by atoms with Crippen LogP contribution in [0.15, 0.2) is 60.8 Å². The number of aliphatic hydroxyl groups is 1. The zero-order chi connectivity index (χ0) is 47.1. The van der Waals surface area contributed by atoms with E-state index in [2.05, 4.69) is 67.8 Å². The number of carbonyl (C=O) groups excluding carboxylic acids is 1. The van der Waals surface area contributed by atoms with E-state index in [0.717, 1.165) is 57.8 Å². The molecule has 0 bridgehead atoms. The van der Waals surface area contributed by atoms with Gasteiger partial charge in [-0.15, -0.1) is 0 Å². The highest BCUT2D eigenvalue weighted by molar-refractivity contribution is 7.45. The summed E-state index contributed by atoms with van der Waals surface area (Å²) in [5.74, 6) is -0.238. The van der Waals surface area contributed by atoms with E-state index < -0.39 is 26.6 Å². The summed E-state index contributed by atoms with van der Waals surface area (Å²) >= 11 is 0. The first-order valence-electron chi connectivity index (χ1n) is 26.7. The van der Waals surface area contributed by atoms with Crippen molar-refractivity contribution < 1.29 is 32.9 Å². The molecule has 9 heteroatoms. The highest BCUT2D eigenvalue weighted by atomic mass is 31.2. The average Bonchev–Trinajstić information content (AvgIpc) is 3.25. The molecule has 2 N–H and O–H groups in total. The smallest absolute Gasteiger partial charge is 0.268 e. The van der Waals surface area contributed by atoms with Gasteiger partial charge in [-0.05, 0) is 57.8 Å². The summed E-state index contributed by atoms with van der Waals surface area (Å²) in [5, 5.41) is 13.8. The summed E-state index contributed by atoms with van der Waals surface area (Å²) in [4.78, 5) is 25.4. The van der Waals surface area contributed by atoms with Gasteiger partial charge in [0.05, 0.1) is 39.9 Å². The van der Waals surface area contributed by atoms with Crippen molar-refractivity contribution >= 4 is 13.7 Å². The molecule has 3 atom stereocenters. The molecule has 64 heavy (non-hydrogen) atoms. The number of unbranched alkanes of at least 4 members (excludes halogenated alkanes) is 27. The lowest BCUT2D eigenvalue weighted by Crippen LogP contribution is -2.45. The normalized spacial score (nSPS) is 14.5. The average molecular weight is 919 g/mol. The van der Waals surface area contributed by atoms with Crippen LogP contribution < -0.4 is 10.2 Å². The highest BCUT2D eigenvalue weighted by Gasteiger charge is 2.23. The number of phosphoric ester groups is 1. The molecule has 374 valence electrons. The third kappa shape index (κ3) is 48.1. The largest absolute Gasteiger partial charge is 0.756 e. The van der Waals surface area contributed by atoms with Crippen molar-refractivity contribution in [2.24, 2.45) is 0 Å². The maximum absolute atomic E-state index is 12.9. The Morgan fingerprint density at radius 2 is 0.953 bits per heavy atom. The minimum atomic E-state index is -4.61. The van der Waals surface area contributed by atoms with Crippen LogP contribution in [0.4, 0.5) is 0 Å². The second kappa shape index (κ2) is 46.3. The molecule has 0 aromatic carbocycles. The maximum Gasteiger partial charge on any atom is 0.268 e. The first-order chi connectivity index (χ1) is 31.0. The van der Waals surface area contributed by atoms with Gasteiger partial charge in [0.15, 0.2) is 0 Å². The van der Waals surface area contributed by atoms with Gasteiger partial charge in [0, 0.05) is 6.42 Å². The predicted octanol–water partition coefficient (Wildman–Crippen LogP) is 15.1. The van der Waals surface area contributed by atoms with Crippen LogP contribution in [-0.4, -0.2) is 68.5 Å². The van der Waals surface area contributed by atoms with E-state index in [1.807, 2.05) is 27.2 Å². The summed E-state index contributed by atoms with van der Waals surface area (Å²) in [5.41, 5.74) is 0. The molecular weight excluding hydrogens is 816 g/mol. The molecule has 0 saturated heterocycles. The van der Waals surface area contributed by atoms with Crippen molar-refractivity contribution in [3.8, 4) is 0 Å². The molecule has 0 rings (SSSR count). The molecule has 0 aliphatic heterocycles. The Balaban J connectivity index is 4.24. The van der Waals surface area contributed by atoms with Gasteiger partial charge in [0.2, 0.25) is 5.91 Å². The predicted molar refractivity (Wildman–Crippen MR) is 274 cm³/mol. The monoisotopic (exact) mass is 919 g/mol. The van der Waals surface area contributed by atoms with Crippen molar-refractivity contribution in [3.63, 3.8) is 0 Å². The van der Waals surface area contributed by atoms with E-state index in [1.165, 1.54) is 148 Å². The van der Waals surface area contributed by atoms with E-state index in [9.17, 15) is 19.4 Å². The van der Waals surface area contributed by atoms with E-state index in [1.54, 1.807) is 6.08 Å². The number of aliphatic hydroxyl groups excluding tert-OH is 1. The van der Waals surface area contributed by atoms with E-state index in [-0.39, 0.29) is 18.9 Å². The summed E-state index contributed by atoms with van der Waals surface area (Å²) < 4.78 is 23.3. The third-order valence-corrected chi connectivity index (χ3v) is 12.7. The molecule has 0 aliphatic carbocycles. The fourth-order valence-electron chi connectivity index (χ4n) is 7.56. The van der Waals surface area contributed by atoms with Gasteiger partial charge in [-0.2, -0.15) is 0 Å². The summed E-state index contributed by atoms with van der Waals surface area (Å²) in [6.45, 7) is 4.51. The topological polar surface area (TPSA) is 108 Å². The lowest BCUT2D eigenvalue weighted by atomic mass is 10.0. The molecule has 0 aromatic rings. The van der Waals surface area contributed by atoms with Crippen LogP contribution in [0.25, 0.3) is 0 Å². The molecular formula is C55H103N2O6P. The van der Waals surface area contributed by atoms with E-state index in [4.69, 9.17) is 9.05 Å². The first-order valence-corrected chi connectivity index (χ1v) is 28.1. The van der Waals surface area contributed by atoms with Crippen LogP contribution in [0, 0.1) is 0 Å². The van der Waals surface area contributed by atoms with Gasteiger partial charge in [0.1, 0.15) is 13.2 Å². The Kier molecular flexibility index (Phi) is 45.0. The van der Waals surface area contributed by atoms with E-state index in [0.29, 0.717) is 17.4 Å². The van der Waals surface area contributed by atoms with Gasteiger partial charge >= 0.3 is 0 Å². The Morgan fingerprint density at radius 3 is 1.39 bits per heavy atom. The molecule has 3 unspecified atom stereocenters. The number of hydrogen-bond donors (Lipinski definition) is 2. The molecule has 8 nitrogen and oxygen atoms in total. The first kappa shape index (κ1) is 62.2. The van der Waals surface area contributed by atoms with Crippen molar-refractivity contribution in [1.29, 1.82) is 0 Å². The Hall–Kier alpha value is -1.80. The number of phosphoric acid groups is 1. The van der Waals surface area contributed by atoms with Crippen LogP contribution in [0.1, 0.15) is 232 Å². The number of allylic oxidation sites excluding steroid dienone is 9. The van der Waals surface area contributed by atoms with Crippen LogP contribution in [0.3, 0.4) is 0 Å². The Labute approximate surface area is 396 Å². The van der Waals surface area contributed by atoms with Crippen molar-refractivity contribution in [3.05, 3.63) is 60.8 Å². The van der Waals surface area contributed by atoms with Crippen LogP contribution in [-0.2, 0) is 18.4 Å². The second-order valence-electron chi connectivity index (χ2n) is 19.2. The Bertz CT molecular complexity index is 1230. The number of nitrogens with zero attached hydrogens (tertiary/aromatic N) is 1. The SMILES string of the molecule is CC/C=C\C/C=C\C/C=C\C/C=C\CCCCC(=O)NC(COP(=O)([O-])OCC[N+](C)(C)C)C(O)/C=C/CCCCCCCCCCCCCCCCCCCCCCCCCCC. The van der Waals surface area contributed by atoms with Gasteiger partial charge in [-0.25, -0.2) is 0 Å². The lowest BCUT2D eigenvalue weighted by Gasteiger charge is -2.29. The molecule has 0 fully saturated rings. The molecule has 0 saturated carbocycles. The molecule has 0 aromatic heterocycles. The van der Waals surface area contributed by atoms with Crippen molar-refractivity contribution in [2.45, 2.75) is 244 Å². The number of likely N-dealkylation sites (N-methyl/N-ethyl adjacent to an activating group) is 1. The number of rotatable bonds is 48. The fourth-order valence-corrected chi connectivity index (χ4v) is 8.28. The van der Waals surface area contributed by atoms with Crippen LogP contribution in [0.5, 0.6) is 0 Å². The highest BCUT2D eigenvalue weighted by Crippen LogP contribution is 2.38. The van der Waals surface area contributed by atoms with Crippen LogP contribution >= 0.6 is 7.82 Å². The minimum Gasteiger partial charge on any atom is -0.756 e. The second-order valence-corrected chi connectivity index (χ2v) is 20.6. The van der Waals surface area contributed by atoms with Crippen molar-refractivity contribution in [1.82, 2.24) is 5.32 Å². The number of amides is 1. The molecule has 0 heterocycles. The lowest BCUT2D eigenvalue weighted by molar-refractivity contribution is -0.870. The third-order valence-electron chi connectivity index (χ3n) is 11.7. The molecule has 0 aliphatic rings. The van der Waals surface area contributed by atoms with Crippen molar-refractivity contribution in [2.75, 3.05) is 40.9 Å². The standard InChI is InChI=1S/C55H103N2O6P/c1-6-8-10-12-14-16-18-20-22-23-24-25-26-27-28-29-30-31-32-33-35-36-38-40-42-44-46-48-54(58)53(52-63-64(60,61)62-51-50-57(3,4)5)56-55(59)49-47-45-43-41-39-37-34-21-19-17-15-13-11-9-7-2/h9,11,15,17,21,34,39,41,46,48,53-54,58H,6-8,10,12-14,16,18-20,22-33,35-38,40,42-45,47,49-52H2,1-5H3,(H-,56,59,60,61)/b11-9-,17-15-,34-21-,41-39-,48-46+. The molecule has 1 amide bonds. The molecule has 0 spiro atoms. The number of carbonyl (C=O) groups is 1. The van der Waals surface area contributed by atoms with Crippen LogP contribution in [0.2, 0.25) is 0 Å². The summed E-state index contributed by atoms with van der Waals surface area (Å²) in [7, 11) is 1.23. The zero-order valence-corrected chi connectivity index (χ0v) is 43.4. The maximum atomic E-state index is 12.9. The number of hydrogen-bond acceptors (Lipinski definition) is 6. The zero-order valence-electron chi connectivity index (χ0n) is 42.5.